The zero-order valence-corrected chi connectivity index (χ0v) is 23.2. The molecule has 0 aliphatic carbocycles. The summed E-state index contributed by atoms with van der Waals surface area (Å²) in [6.45, 7) is 6.90. The van der Waals surface area contributed by atoms with E-state index in [1.165, 1.54) is 19.2 Å². The molecule has 0 aromatic heterocycles. The fourth-order valence-electron chi connectivity index (χ4n) is 5.12. The number of piperazine rings is 1. The van der Waals surface area contributed by atoms with Crippen molar-refractivity contribution in [1.82, 2.24) is 10.2 Å². The minimum atomic E-state index is -4.59. The van der Waals surface area contributed by atoms with Crippen LogP contribution in [-0.4, -0.2) is 63.3 Å². The van der Waals surface area contributed by atoms with Crippen LogP contribution in [0.4, 0.5) is 18.9 Å². The summed E-state index contributed by atoms with van der Waals surface area (Å²) in [5, 5.41) is 3.67. The lowest BCUT2D eigenvalue weighted by Crippen LogP contribution is -2.47. The third kappa shape index (κ3) is 6.62. The van der Waals surface area contributed by atoms with Crippen LogP contribution < -0.4 is 10.2 Å². The zero-order chi connectivity index (χ0) is 29.0. The number of hydrogen-bond acceptors (Lipinski definition) is 7. The first kappa shape index (κ1) is 29.5. The predicted octanol–water partition coefficient (Wildman–Crippen LogP) is 5.13. The lowest BCUT2D eigenvalue weighted by atomic mass is 9.80. The molecular weight excluding hydrogens is 547 g/mol. The lowest BCUT2D eigenvalue weighted by Gasteiger charge is -2.36. The Bertz CT molecular complexity index is 1330. The molecule has 1 unspecified atom stereocenters. The molecule has 1 fully saturated rings. The summed E-state index contributed by atoms with van der Waals surface area (Å²) in [5.74, 6) is -2.55. The molecule has 2 aliphatic heterocycles. The van der Waals surface area contributed by atoms with Crippen LogP contribution in [0.15, 0.2) is 71.1 Å². The van der Waals surface area contributed by atoms with Gasteiger partial charge in [0.05, 0.1) is 29.7 Å². The normalized spacial score (nSPS) is 18.5. The van der Waals surface area contributed by atoms with Gasteiger partial charge in [0.2, 0.25) is 0 Å². The van der Waals surface area contributed by atoms with E-state index < -0.39 is 29.6 Å². The second-order valence-electron chi connectivity index (χ2n) is 9.69. The highest BCUT2D eigenvalue weighted by molar-refractivity contribution is 6.30. The summed E-state index contributed by atoms with van der Waals surface area (Å²) in [4.78, 5) is 30.5. The maximum Gasteiger partial charge on any atom is 0.416 e. The van der Waals surface area contributed by atoms with Gasteiger partial charge in [-0.3, -0.25) is 4.90 Å². The van der Waals surface area contributed by atoms with Crippen LogP contribution in [0, 0.1) is 0 Å². The lowest BCUT2D eigenvalue weighted by molar-refractivity contribution is -0.140. The monoisotopic (exact) mass is 577 g/mol. The van der Waals surface area contributed by atoms with E-state index in [9.17, 15) is 22.8 Å². The van der Waals surface area contributed by atoms with Crippen LogP contribution in [0.25, 0.3) is 0 Å². The van der Waals surface area contributed by atoms with Crippen molar-refractivity contribution in [3.63, 3.8) is 0 Å². The van der Waals surface area contributed by atoms with Gasteiger partial charge >= 0.3 is 18.1 Å². The minimum absolute atomic E-state index is 0.0523. The highest BCUT2D eigenvalue weighted by Crippen LogP contribution is 2.41. The SMILES string of the molecule is COC(=O)C1=C(C)NC(C)=C(C(=O)OCCN2CCN(c3cccc(Cl)c3)CC2)C1c1cccc(C(F)(F)F)c1. The van der Waals surface area contributed by atoms with Crippen LogP contribution in [0.1, 0.15) is 30.9 Å². The predicted molar refractivity (Wildman–Crippen MR) is 146 cm³/mol. The topological polar surface area (TPSA) is 71.1 Å². The number of nitrogens with zero attached hydrogens (tertiary/aromatic N) is 2. The second-order valence-corrected chi connectivity index (χ2v) is 10.1. The largest absolute Gasteiger partial charge is 0.466 e. The number of carbonyl (C=O) groups is 2. The Hall–Kier alpha value is -3.50. The number of rotatable bonds is 7. The van der Waals surface area contributed by atoms with Gasteiger partial charge in [-0.2, -0.15) is 13.2 Å². The molecule has 2 aliphatic rings. The molecule has 1 saturated heterocycles. The number of methoxy groups -OCH3 is 1. The number of esters is 2. The van der Waals surface area contributed by atoms with Crippen molar-refractivity contribution in [2.24, 2.45) is 0 Å². The zero-order valence-electron chi connectivity index (χ0n) is 22.5. The summed E-state index contributed by atoms with van der Waals surface area (Å²) < 4.78 is 51.1. The highest BCUT2D eigenvalue weighted by Gasteiger charge is 2.39. The van der Waals surface area contributed by atoms with E-state index in [0.717, 1.165) is 44.0 Å². The molecule has 1 N–H and O–H groups in total. The Kier molecular flexibility index (Phi) is 9.10. The Balaban J connectivity index is 1.47. The van der Waals surface area contributed by atoms with E-state index in [0.29, 0.717) is 23.0 Å². The molecule has 0 radical (unpaired) electrons. The van der Waals surface area contributed by atoms with Gasteiger partial charge in [-0.25, -0.2) is 9.59 Å². The van der Waals surface area contributed by atoms with Gasteiger partial charge in [0.15, 0.2) is 0 Å². The molecule has 7 nitrogen and oxygen atoms in total. The molecule has 40 heavy (non-hydrogen) atoms. The second kappa shape index (κ2) is 12.3. The Labute approximate surface area is 236 Å². The Morgan fingerprint density at radius 1 is 0.975 bits per heavy atom. The van der Waals surface area contributed by atoms with E-state index in [1.807, 2.05) is 24.3 Å². The van der Waals surface area contributed by atoms with Gasteiger partial charge in [0.1, 0.15) is 6.61 Å². The summed E-state index contributed by atoms with van der Waals surface area (Å²) in [6, 6.07) is 12.3. The fraction of sp³-hybridized carbons (Fsp3) is 0.379. The summed E-state index contributed by atoms with van der Waals surface area (Å²) in [7, 11) is 1.18. The van der Waals surface area contributed by atoms with E-state index >= 15 is 0 Å². The fourth-order valence-corrected chi connectivity index (χ4v) is 5.31. The van der Waals surface area contributed by atoms with Crippen LogP contribution in [-0.2, 0) is 25.2 Å². The molecular formula is C29H31ClF3N3O4. The number of dihydropyridines is 1. The van der Waals surface area contributed by atoms with Crippen molar-refractivity contribution in [2.75, 3.05) is 51.3 Å². The maximum absolute atomic E-state index is 13.5. The molecule has 4 rings (SSSR count). The average molecular weight is 578 g/mol. The molecule has 0 spiro atoms. The molecule has 0 bridgehead atoms. The van der Waals surface area contributed by atoms with Crippen molar-refractivity contribution < 1.29 is 32.2 Å². The molecule has 0 saturated carbocycles. The number of allylic oxidation sites excluding steroid dienone is 2. The Morgan fingerprint density at radius 2 is 1.62 bits per heavy atom. The van der Waals surface area contributed by atoms with Crippen LogP contribution in [0.2, 0.25) is 5.02 Å². The first-order valence-electron chi connectivity index (χ1n) is 12.8. The van der Waals surface area contributed by atoms with E-state index in [4.69, 9.17) is 21.1 Å². The van der Waals surface area contributed by atoms with Gasteiger partial charge in [0.25, 0.3) is 0 Å². The molecule has 2 heterocycles. The number of alkyl halides is 3. The van der Waals surface area contributed by atoms with E-state index in [2.05, 4.69) is 15.1 Å². The number of anilines is 1. The quantitative estimate of drug-likeness (QED) is 0.457. The number of ether oxygens (including phenoxy) is 2. The van der Waals surface area contributed by atoms with Crippen molar-refractivity contribution in [2.45, 2.75) is 25.9 Å². The van der Waals surface area contributed by atoms with Crippen molar-refractivity contribution in [3.8, 4) is 0 Å². The molecule has 2 aromatic rings. The number of nitrogens with one attached hydrogen (secondary N) is 1. The van der Waals surface area contributed by atoms with Crippen molar-refractivity contribution in [3.05, 3.63) is 87.2 Å². The number of benzene rings is 2. The molecule has 11 heteroatoms. The first-order chi connectivity index (χ1) is 19.0. The minimum Gasteiger partial charge on any atom is -0.466 e. The summed E-state index contributed by atoms with van der Waals surface area (Å²) >= 11 is 6.11. The molecule has 1 atom stereocenters. The van der Waals surface area contributed by atoms with Crippen LogP contribution >= 0.6 is 11.6 Å². The molecule has 0 amide bonds. The number of halogens is 4. The van der Waals surface area contributed by atoms with Crippen molar-refractivity contribution >= 4 is 29.2 Å². The summed E-state index contributed by atoms with van der Waals surface area (Å²) in [5.41, 5.74) is 1.21. The molecule has 2 aromatic carbocycles. The van der Waals surface area contributed by atoms with Gasteiger partial charge in [-0.05, 0) is 43.7 Å². The van der Waals surface area contributed by atoms with Crippen LogP contribution in [0.3, 0.4) is 0 Å². The van der Waals surface area contributed by atoms with Gasteiger partial charge < -0.3 is 19.7 Å². The first-order valence-corrected chi connectivity index (χ1v) is 13.2. The van der Waals surface area contributed by atoms with Gasteiger partial charge in [-0.15, -0.1) is 0 Å². The average Bonchev–Trinajstić information content (AvgIpc) is 2.92. The Morgan fingerprint density at radius 3 is 2.25 bits per heavy atom. The smallest absolute Gasteiger partial charge is 0.416 e. The maximum atomic E-state index is 13.5. The van der Waals surface area contributed by atoms with E-state index in [1.54, 1.807) is 13.8 Å². The third-order valence-electron chi connectivity index (χ3n) is 7.12. The van der Waals surface area contributed by atoms with E-state index in [-0.39, 0.29) is 23.3 Å². The van der Waals surface area contributed by atoms with Crippen molar-refractivity contribution in [1.29, 1.82) is 0 Å². The van der Waals surface area contributed by atoms with Gasteiger partial charge in [0, 0.05) is 54.8 Å². The summed E-state index contributed by atoms with van der Waals surface area (Å²) in [6.07, 6.45) is -4.59. The number of hydrogen-bond donors (Lipinski definition) is 1. The molecule has 214 valence electrons. The standard InChI is InChI=1S/C29H31ClF3N3O4/c1-18-24(27(37)39-3)26(20-6-4-7-21(16-20)29(31,32)33)25(19(2)34-18)28(38)40-15-14-35-10-12-36(13-11-35)23-9-5-8-22(30)17-23/h4-9,16-17,26,34H,10-15H2,1-3H3. The third-order valence-corrected chi connectivity index (χ3v) is 7.35. The van der Waals surface area contributed by atoms with Crippen LogP contribution in [0.5, 0.6) is 0 Å². The highest BCUT2D eigenvalue weighted by atomic mass is 35.5. The number of carbonyl (C=O) groups excluding carboxylic acids is 2. The van der Waals surface area contributed by atoms with Gasteiger partial charge in [-0.1, -0.05) is 35.9 Å².